The van der Waals surface area contributed by atoms with Crippen LogP contribution in [0.15, 0.2) is 114 Å². The molecular weight excluding hydrogens is 462 g/mol. The number of para-hydroxylation sites is 2. The highest BCUT2D eigenvalue weighted by atomic mass is 35.5. The maximum Gasteiger partial charge on any atom is 0.135 e. The molecule has 174 valence electrons. The Morgan fingerprint density at radius 3 is 2.17 bits per heavy atom. The minimum Gasteiger partial charge on any atom is -0.456 e. The van der Waals surface area contributed by atoms with E-state index in [1.165, 1.54) is 22.3 Å². The van der Waals surface area contributed by atoms with Crippen molar-refractivity contribution in [2.45, 2.75) is 19.3 Å². The van der Waals surface area contributed by atoms with E-state index < -0.39 is 0 Å². The van der Waals surface area contributed by atoms with E-state index in [-0.39, 0.29) is 5.41 Å². The van der Waals surface area contributed by atoms with Crippen molar-refractivity contribution in [3.63, 3.8) is 0 Å². The normalized spacial score (nSPS) is 13.6. The van der Waals surface area contributed by atoms with Crippen molar-refractivity contribution in [2.75, 3.05) is 4.90 Å². The Balaban J connectivity index is 1.45. The summed E-state index contributed by atoms with van der Waals surface area (Å²) in [7, 11) is 0. The number of anilines is 3. The number of fused-ring (bicyclic) bond motifs is 6. The van der Waals surface area contributed by atoms with Crippen molar-refractivity contribution in [1.29, 1.82) is 0 Å². The summed E-state index contributed by atoms with van der Waals surface area (Å²) in [6.07, 6.45) is 0. The lowest BCUT2D eigenvalue weighted by Gasteiger charge is -2.27. The Bertz CT molecular complexity index is 1780. The summed E-state index contributed by atoms with van der Waals surface area (Å²) in [6.45, 7) is 4.56. The molecule has 0 saturated heterocycles. The van der Waals surface area contributed by atoms with E-state index in [0.29, 0.717) is 0 Å². The third kappa shape index (κ3) is 3.11. The molecule has 3 heteroatoms. The smallest absolute Gasteiger partial charge is 0.135 e. The van der Waals surface area contributed by atoms with E-state index >= 15 is 0 Å². The number of hydrogen-bond donors (Lipinski definition) is 0. The molecule has 7 rings (SSSR count). The van der Waals surface area contributed by atoms with Crippen LogP contribution >= 0.6 is 11.6 Å². The lowest BCUT2D eigenvalue weighted by atomic mass is 9.82. The molecule has 0 saturated carbocycles. The van der Waals surface area contributed by atoms with Crippen LogP contribution in [0.1, 0.15) is 25.0 Å². The summed E-state index contributed by atoms with van der Waals surface area (Å²) in [6, 6.07) is 38.3. The summed E-state index contributed by atoms with van der Waals surface area (Å²) in [5.41, 5.74) is 10.1. The molecule has 0 aliphatic heterocycles. The first-order chi connectivity index (χ1) is 17.5. The Hall–Kier alpha value is -4.01. The maximum atomic E-state index is 6.40. The molecule has 6 aromatic rings. The third-order valence-electron chi connectivity index (χ3n) is 7.51. The van der Waals surface area contributed by atoms with Crippen LogP contribution in [0.2, 0.25) is 5.02 Å². The largest absolute Gasteiger partial charge is 0.456 e. The molecule has 0 unspecified atom stereocenters. The predicted octanol–water partition coefficient (Wildman–Crippen LogP) is 10.0. The van der Waals surface area contributed by atoms with Gasteiger partial charge < -0.3 is 9.32 Å². The molecule has 1 aromatic heterocycles. The number of halogens is 1. The highest BCUT2D eigenvalue weighted by molar-refractivity contribution is 6.30. The van der Waals surface area contributed by atoms with Gasteiger partial charge in [-0.15, -0.1) is 0 Å². The van der Waals surface area contributed by atoms with Crippen LogP contribution in [0.3, 0.4) is 0 Å². The monoisotopic (exact) mass is 485 g/mol. The van der Waals surface area contributed by atoms with E-state index in [4.69, 9.17) is 16.0 Å². The summed E-state index contributed by atoms with van der Waals surface area (Å²) in [5.74, 6) is 0. The number of furan rings is 1. The zero-order chi connectivity index (χ0) is 24.4. The van der Waals surface area contributed by atoms with Gasteiger partial charge in [0.15, 0.2) is 0 Å². The van der Waals surface area contributed by atoms with Crippen molar-refractivity contribution in [2.24, 2.45) is 0 Å². The molecule has 0 spiro atoms. The minimum atomic E-state index is -0.0969. The molecule has 0 atom stereocenters. The van der Waals surface area contributed by atoms with Gasteiger partial charge in [0.25, 0.3) is 0 Å². The molecule has 5 aromatic carbocycles. The number of benzene rings is 5. The van der Waals surface area contributed by atoms with Crippen LogP contribution in [0.25, 0.3) is 33.1 Å². The van der Waals surface area contributed by atoms with Crippen molar-refractivity contribution in [3.8, 4) is 11.1 Å². The highest BCUT2D eigenvalue weighted by Gasteiger charge is 2.36. The molecule has 1 aliphatic carbocycles. The number of rotatable bonds is 3. The molecule has 0 N–H and O–H groups in total. The first-order valence-corrected chi connectivity index (χ1v) is 12.6. The standard InChI is InChI=1S/C33H24ClNO/c1-33(2)29-16-13-23(19-27(29)25-15-12-21(34)18-30(25)33)35(22-8-4-3-5-9-22)24-14-17-32-28(20-24)26-10-6-7-11-31(26)36-32/h3-20H,1-2H3. The van der Waals surface area contributed by atoms with E-state index in [0.717, 1.165) is 44.0 Å². The third-order valence-corrected chi connectivity index (χ3v) is 7.75. The van der Waals surface area contributed by atoms with Crippen LogP contribution < -0.4 is 4.90 Å². The molecule has 0 bridgehead atoms. The molecule has 2 nitrogen and oxygen atoms in total. The molecule has 36 heavy (non-hydrogen) atoms. The van der Waals surface area contributed by atoms with Gasteiger partial charge in [0.2, 0.25) is 0 Å². The van der Waals surface area contributed by atoms with E-state index in [2.05, 4.69) is 110 Å². The number of nitrogens with zero attached hydrogens (tertiary/aromatic N) is 1. The summed E-state index contributed by atoms with van der Waals surface area (Å²) < 4.78 is 6.10. The van der Waals surface area contributed by atoms with Crippen LogP contribution in [-0.2, 0) is 5.41 Å². The summed E-state index contributed by atoms with van der Waals surface area (Å²) >= 11 is 6.40. The van der Waals surface area contributed by atoms with Crippen LogP contribution in [0.4, 0.5) is 17.1 Å². The molecular formula is C33H24ClNO. The summed E-state index contributed by atoms with van der Waals surface area (Å²) in [4.78, 5) is 2.32. The minimum absolute atomic E-state index is 0.0969. The quantitative estimate of drug-likeness (QED) is 0.248. The number of hydrogen-bond acceptors (Lipinski definition) is 2. The molecule has 0 radical (unpaired) electrons. The first-order valence-electron chi connectivity index (χ1n) is 12.2. The maximum absolute atomic E-state index is 6.40. The molecule has 1 heterocycles. The average Bonchev–Trinajstić information content (AvgIpc) is 3.37. The second-order valence-corrected chi connectivity index (χ2v) is 10.4. The fraction of sp³-hybridized carbons (Fsp3) is 0.0909. The predicted molar refractivity (Wildman–Crippen MR) is 151 cm³/mol. The van der Waals surface area contributed by atoms with Crippen molar-refractivity contribution in [3.05, 3.63) is 125 Å². The van der Waals surface area contributed by atoms with Gasteiger partial charge in [-0.05, 0) is 82.9 Å². The average molecular weight is 486 g/mol. The van der Waals surface area contributed by atoms with Gasteiger partial charge in [0, 0.05) is 38.3 Å². The second kappa shape index (κ2) is 7.74. The highest BCUT2D eigenvalue weighted by Crippen LogP contribution is 2.51. The Morgan fingerprint density at radius 1 is 0.583 bits per heavy atom. The van der Waals surface area contributed by atoms with Crippen LogP contribution in [0.5, 0.6) is 0 Å². The lowest BCUT2D eigenvalue weighted by Crippen LogP contribution is -2.15. The topological polar surface area (TPSA) is 16.4 Å². The van der Waals surface area contributed by atoms with Gasteiger partial charge in [-0.1, -0.05) is 74.0 Å². The zero-order valence-corrected chi connectivity index (χ0v) is 20.9. The molecule has 1 aliphatic rings. The SMILES string of the molecule is CC1(C)c2ccc(N(c3ccccc3)c3ccc4oc5ccccc5c4c3)cc2-c2ccc(Cl)cc21. The fourth-order valence-electron chi connectivity index (χ4n) is 5.73. The zero-order valence-electron chi connectivity index (χ0n) is 20.1. The van der Waals surface area contributed by atoms with Gasteiger partial charge in [-0.25, -0.2) is 0 Å². The van der Waals surface area contributed by atoms with Gasteiger partial charge in [0.1, 0.15) is 11.2 Å². The van der Waals surface area contributed by atoms with Crippen LogP contribution in [-0.4, -0.2) is 0 Å². The first kappa shape index (κ1) is 21.3. The van der Waals surface area contributed by atoms with Crippen molar-refractivity contribution >= 4 is 50.6 Å². The van der Waals surface area contributed by atoms with E-state index in [1.807, 2.05) is 18.2 Å². The van der Waals surface area contributed by atoms with Gasteiger partial charge >= 0.3 is 0 Å². The Morgan fingerprint density at radius 2 is 1.31 bits per heavy atom. The Kier molecular flexibility index (Phi) is 4.58. The molecule has 0 amide bonds. The lowest BCUT2D eigenvalue weighted by molar-refractivity contribution is 0.660. The van der Waals surface area contributed by atoms with Gasteiger partial charge in [0.05, 0.1) is 0 Å². The van der Waals surface area contributed by atoms with Crippen LogP contribution in [0, 0.1) is 0 Å². The Labute approximate surface area is 215 Å². The second-order valence-electron chi connectivity index (χ2n) is 9.99. The van der Waals surface area contributed by atoms with Crippen molar-refractivity contribution in [1.82, 2.24) is 0 Å². The van der Waals surface area contributed by atoms with Gasteiger partial charge in [-0.3, -0.25) is 0 Å². The van der Waals surface area contributed by atoms with Crippen molar-refractivity contribution < 1.29 is 4.42 Å². The molecule has 0 fully saturated rings. The fourth-order valence-corrected chi connectivity index (χ4v) is 5.90. The van der Waals surface area contributed by atoms with Gasteiger partial charge in [-0.2, -0.15) is 0 Å². The van der Waals surface area contributed by atoms with E-state index in [9.17, 15) is 0 Å². The summed E-state index contributed by atoms with van der Waals surface area (Å²) in [5, 5.41) is 3.02. The van der Waals surface area contributed by atoms with E-state index in [1.54, 1.807) is 0 Å².